The van der Waals surface area contributed by atoms with Gasteiger partial charge in [0, 0.05) is 54.4 Å². The maximum atomic E-state index is 14.4. The van der Waals surface area contributed by atoms with Crippen LogP contribution in [0.25, 0.3) is 10.9 Å². The molecule has 13 heteroatoms. The predicted molar refractivity (Wildman–Crippen MR) is 153 cm³/mol. The lowest BCUT2D eigenvalue weighted by atomic mass is 9.98. The van der Waals surface area contributed by atoms with Crippen molar-refractivity contribution < 1.29 is 28.2 Å². The molecule has 2 fully saturated rings. The van der Waals surface area contributed by atoms with Crippen molar-refractivity contribution in [3.63, 3.8) is 0 Å². The van der Waals surface area contributed by atoms with Crippen molar-refractivity contribution in [2.45, 2.75) is 44.9 Å². The Morgan fingerprint density at radius 2 is 1.98 bits per heavy atom. The van der Waals surface area contributed by atoms with Crippen LogP contribution in [-0.2, 0) is 27.2 Å². The fourth-order valence-corrected chi connectivity index (χ4v) is 6.97. The fourth-order valence-electron chi connectivity index (χ4n) is 6.07. The number of carbonyl (C=O) groups is 3. The quantitative estimate of drug-likeness (QED) is 0.285. The maximum absolute atomic E-state index is 14.4. The number of hydrogen-bond acceptors (Lipinski definition) is 6. The molecule has 0 radical (unpaired) electrons. The summed E-state index contributed by atoms with van der Waals surface area (Å²) in [7, 11) is 0.267. The molecule has 2 aliphatic rings. The summed E-state index contributed by atoms with van der Waals surface area (Å²) < 4.78 is 28.1. The molecule has 1 aliphatic heterocycles. The standard InChI is InChI=1S/C28H32ClFN5O5P/c1-16(36)26-19-9-8-18(41(4,39)40)10-21(19)34(32-26)14-24(37)35-22(11-28(12-23(28)35)15-33(2)3)27(38)31-13-17-6-5-7-20(29)25(17)30/h5-10,22-23H,11-15H2,1-4H3,(H,31,38)(H,39,40)/t22-,23-,28+/m0/s1. The summed E-state index contributed by atoms with van der Waals surface area (Å²) in [6, 6.07) is 8.15. The van der Waals surface area contributed by atoms with Gasteiger partial charge in [0.2, 0.25) is 19.2 Å². The second kappa shape index (κ2) is 10.6. The van der Waals surface area contributed by atoms with Gasteiger partial charge in [-0.3, -0.25) is 23.6 Å². The number of hydrogen-bond donors (Lipinski definition) is 2. The molecule has 0 spiro atoms. The molecule has 1 saturated heterocycles. The molecule has 2 aromatic carbocycles. The molecule has 3 aromatic rings. The van der Waals surface area contributed by atoms with Gasteiger partial charge in [-0.2, -0.15) is 5.10 Å². The smallest absolute Gasteiger partial charge is 0.245 e. The van der Waals surface area contributed by atoms with Crippen LogP contribution >= 0.6 is 19.0 Å². The van der Waals surface area contributed by atoms with E-state index in [0.717, 1.165) is 6.42 Å². The minimum absolute atomic E-state index is 0.0410. The molecule has 1 aromatic heterocycles. The number of ketones is 1. The molecule has 0 bridgehead atoms. The van der Waals surface area contributed by atoms with Crippen molar-refractivity contribution in [3.05, 3.63) is 58.5 Å². The topological polar surface area (TPSA) is 125 Å². The Balaban J connectivity index is 1.44. The van der Waals surface area contributed by atoms with Gasteiger partial charge in [-0.25, -0.2) is 4.39 Å². The highest BCUT2D eigenvalue weighted by Gasteiger charge is 2.67. The molecule has 2 amide bonds. The van der Waals surface area contributed by atoms with E-state index in [-0.39, 0.29) is 57.8 Å². The molecule has 4 atom stereocenters. The SMILES string of the molecule is CC(=O)c1nn(CC(=O)N2[C@H]3C[C@@]3(CN(C)C)C[C@H]2C(=O)NCc2cccc(Cl)c2F)c2cc(P(C)(=O)O)ccc12. The van der Waals surface area contributed by atoms with Crippen LogP contribution in [0.1, 0.15) is 35.8 Å². The Hall–Kier alpha value is -3.11. The molecular weight excluding hydrogens is 572 g/mol. The summed E-state index contributed by atoms with van der Waals surface area (Å²) in [5.41, 5.74) is 0.528. The van der Waals surface area contributed by atoms with Crippen LogP contribution in [-0.4, -0.2) is 81.5 Å². The van der Waals surface area contributed by atoms with Gasteiger partial charge in [0.05, 0.1) is 10.5 Å². The lowest BCUT2D eigenvalue weighted by Crippen LogP contribution is -2.48. The molecule has 1 saturated carbocycles. The first-order chi connectivity index (χ1) is 19.2. The molecular formula is C28H32ClFN5O5P. The average Bonchev–Trinajstić information content (AvgIpc) is 3.28. The summed E-state index contributed by atoms with van der Waals surface area (Å²) in [5, 5.41) is 7.75. The van der Waals surface area contributed by atoms with Crippen LogP contribution in [0.4, 0.5) is 4.39 Å². The molecule has 1 aliphatic carbocycles. The van der Waals surface area contributed by atoms with E-state index < -0.39 is 25.1 Å². The third-order valence-electron chi connectivity index (χ3n) is 7.96. The van der Waals surface area contributed by atoms with Crippen molar-refractivity contribution in [1.29, 1.82) is 0 Å². The van der Waals surface area contributed by atoms with Gasteiger partial charge in [0.15, 0.2) is 5.78 Å². The summed E-state index contributed by atoms with van der Waals surface area (Å²) >= 11 is 5.88. The van der Waals surface area contributed by atoms with Gasteiger partial charge in [-0.15, -0.1) is 0 Å². The minimum Gasteiger partial charge on any atom is -0.350 e. The lowest BCUT2D eigenvalue weighted by molar-refractivity contribution is -0.140. The summed E-state index contributed by atoms with van der Waals surface area (Å²) in [5.74, 6) is -1.67. The van der Waals surface area contributed by atoms with Crippen LogP contribution in [0.15, 0.2) is 36.4 Å². The number of Topliss-reactive ketones (excluding diaryl/α,β-unsaturated/α-hetero) is 1. The highest BCUT2D eigenvalue weighted by atomic mass is 35.5. The maximum Gasteiger partial charge on any atom is 0.245 e. The molecule has 41 heavy (non-hydrogen) atoms. The van der Waals surface area contributed by atoms with Crippen molar-refractivity contribution in [3.8, 4) is 0 Å². The predicted octanol–water partition coefficient (Wildman–Crippen LogP) is 2.79. The number of likely N-dealkylation sites (tertiary alicyclic amines) is 1. The number of nitrogens with zero attached hydrogens (tertiary/aromatic N) is 4. The first-order valence-corrected chi connectivity index (χ1v) is 15.7. The van der Waals surface area contributed by atoms with Crippen LogP contribution in [0.5, 0.6) is 0 Å². The second-order valence-electron chi connectivity index (χ2n) is 11.4. The Bertz CT molecular complexity index is 1620. The lowest BCUT2D eigenvalue weighted by Gasteiger charge is -2.27. The van der Waals surface area contributed by atoms with Gasteiger partial charge < -0.3 is 20.0 Å². The highest BCUT2D eigenvalue weighted by molar-refractivity contribution is 7.65. The van der Waals surface area contributed by atoms with E-state index in [9.17, 15) is 28.2 Å². The van der Waals surface area contributed by atoms with E-state index >= 15 is 0 Å². The van der Waals surface area contributed by atoms with Crippen LogP contribution in [0, 0.1) is 11.2 Å². The highest BCUT2D eigenvalue weighted by Crippen LogP contribution is 2.59. The number of aromatic nitrogens is 2. The van der Waals surface area contributed by atoms with Gasteiger partial charge in [0.1, 0.15) is 24.1 Å². The molecule has 10 nitrogen and oxygen atoms in total. The van der Waals surface area contributed by atoms with E-state index in [2.05, 4.69) is 10.4 Å². The molecule has 2 heterocycles. The van der Waals surface area contributed by atoms with Crippen LogP contribution < -0.4 is 10.6 Å². The van der Waals surface area contributed by atoms with E-state index in [1.807, 2.05) is 19.0 Å². The molecule has 5 rings (SSSR count). The Morgan fingerprint density at radius 1 is 1.24 bits per heavy atom. The van der Waals surface area contributed by atoms with Crippen LogP contribution in [0.2, 0.25) is 5.02 Å². The zero-order valence-corrected chi connectivity index (χ0v) is 24.9. The van der Waals surface area contributed by atoms with Crippen molar-refractivity contribution in [2.75, 3.05) is 27.3 Å². The van der Waals surface area contributed by atoms with E-state index in [0.29, 0.717) is 23.9 Å². The number of piperidine rings is 1. The number of benzene rings is 2. The minimum atomic E-state index is -3.61. The zero-order chi connectivity index (χ0) is 29.9. The van der Waals surface area contributed by atoms with Crippen molar-refractivity contribution in [2.24, 2.45) is 5.41 Å². The van der Waals surface area contributed by atoms with E-state index in [1.54, 1.807) is 17.0 Å². The number of amides is 2. The number of halogens is 2. The first-order valence-electron chi connectivity index (χ1n) is 13.2. The van der Waals surface area contributed by atoms with Crippen LogP contribution in [0.3, 0.4) is 0 Å². The number of rotatable bonds is 9. The summed E-state index contributed by atoms with van der Waals surface area (Å²) in [6.07, 6.45) is 1.20. The molecule has 2 N–H and O–H groups in total. The third-order valence-corrected chi connectivity index (χ3v) is 9.49. The fraction of sp³-hybridized carbons (Fsp3) is 0.429. The summed E-state index contributed by atoms with van der Waals surface area (Å²) in [4.78, 5) is 53.4. The third kappa shape index (κ3) is 5.56. The Kier molecular flexibility index (Phi) is 7.61. The van der Waals surface area contributed by atoms with Gasteiger partial charge >= 0.3 is 0 Å². The molecule has 218 valence electrons. The average molecular weight is 604 g/mol. The Labute approximate surface area is 241 Å². The van der Waals surface area contributed by atoms with Crippen molar-refractivity contribution >= 4 is 52.8 Å². The van der Waals surface area contributed by atoms with E-state index in [1.165, 1.54) is 42.5 Å². The van der Waals surface area contributed by atoms with Gasteiger partial charge in [-0.1, -0.05) is 23.7 Å². The van der Waals surface area contributed by atoms with Gasteiger partial charge in [0.25, 0.3) is 0 Å². The zero-order valence-electron chi connectivity index (χ0n) is 23.2. The monoisotopic (exact) mass is 603 g/mol. The number of fused-ring (bicyclic) bond motifs is 2. The second-order valence-corrected chi connectivity index (χ2v) is 14.1. The van der Waals surface area contributed by atoms with E-state index in [4.69, 9.17) is 11.6 Å². The first kappa shape index (κ1) is 29.4. The van der Waals surface area contributed by atoms with Crippen molar-refractivity contribution in [1.82, 2.24) is 24.9 Å². The normalized spacial score (nSPS) is 23.0. The number of nitrogens with one attached hydrogen (secondary N) is 1. The number of carbonyl (C=O) groups excluding carboxylic acids is 3. The van der Waals surface area contributed by atoms with Gasteiger partial charge in [-0.05, 0) is 51.2 Å². The molecule has 1 unspecified atom stereocenters. The summed E-state index contributed by atoms with van der Waals surface area (Å²) in [6.45, 7) is 2.92. The Morgan fingerprint density at radius 3 is 2.63 bits per heavy atom. The largest absolute Gasteiger partial charge is 0.350 e.